The lowest BCUT2D eigenvalue weighted by molar-refractivity contribution is -0.107. The second-order valence-electron chi connectivity index (χ2n) is 5.37. The van der Waals surface area contributed by atoms with Crippen LogP contribution in [0.5, 0.6) is 17.2 Å². The lowest BCUT2D eigenvalue weighted by atomic mass is 10.1. The van der Waals surface area contributed by atoms with Crippen molar-refractivity contribution in [3.05, 3.63) is 42.0 Å². The fraction of sp³-hybridized carbons (Fsp3) is 0.222. The number of carbonyl (C=O) groups excluding carboxylic acids is 2. The molecule has 0 saturated carbocycles. The summed E-state index contributed by atoms with van der Waals surface area (Å²) < 4.78 is 15.8. The highest BCUT2D eigenvalue weighted by molar-refractivity contribution is 6.14. The minimum Gasteiger partial charge on any atom is -0.497 e. The molecule has 130 valence electrons. The van der Waals surface area contributed by atoms with Crippen LogP contribution >= 0.6 is 0 Å². The molecule has 0 aliphatic carbocycles. The first-order valence-electron chi connectivity index (χ1n) is 7.56. The average Bonchev–Trinajstić information content (AvgIpc) is 2.67. The third-order valence-corrected chi connectivity index (χ3v) is 4.09. The molecular weight excluding hydrogens is 324 g/mol. The summed E-state index contributed by atoms with van der Waals surface area (Å²) in [5.74, 6) is 1.39. The minimum absolute atomic E-state index is 0.0876. The summed E-state index contributed by atoms with van der Waals surface area (Å²) in [7, 11) is 4.59. The molecule has 1 heterocycles. The molecule has 0 fully saturated rings. The molecule has 25 heavy (non-hydrogen) atoms. The zero-order valence-electron chi connectivity index (χ0n) is 14.2. The largest absolute Gasteiger partial charge is 0.497 e. The molecule has 7 nitrogen and oxygen atoms in total. The highest BCUT2D eigenvalue weighted by Crippen LogP contribution is 2.37. The summed E-state index contributed by atoms with van der Waals surface area (Å²) in [5, 5.41) is 0. The summed E-state index contributed by atoms with van der Waals surface area (Å²) in [6.07, 6.45) is 0.695. The summed E-state index contributed by atoms with van der Waals surface area (Å²) >= 11 is 0. The summed E-state index contributed by atoms with van der Waals surface area (Å²) in [6, 6.07) is 10.2. The predicted octanol–water partition coefficient (Wildman–Crippen LogP) is 2.29. The normalized spacial score (nSPS) is 13.3. The maximum absolute atomic E-state index is 13.0. The van der Waals surface area contributed by atoms with Gasteiger partial charge in [-0.25, -0.2) is 0 Å². The van der Waals surface area contributed by atoms with Gasteiger partial charge in [-0.3, -0.25) is 19.4 Å². The van der Waals surface area contributed by atoms with Crippen LogP contribution in [0.15, 0.2) is 36.4 Å². The molecule has 1 aliphatic heterocycles. The van der Waals surface area contributed by atoms with Gasteiger partial charge in [0.1, 0.15) is 23.9 Å². The molecule has 0 spiro atoms. The number of anilines is 2. The van der Waals surface area contributed by atoms with Crippen molar-refractivity contribution in [2.24, 2.45) is 0 Å². The highest BCUT2D eigenvalue weighted by atomic mass is 16.5. The van der Waals surface area contributed by atoms with Gasteiger partial charge in [-0.05, 0) is 30.3 Å². The molecule has 2 amide bonds. The van der Waals surface area contributed by atoms with Gasteiger partial charge in [-0.2, -0.15) is 0 Å². The van der Waals surface area contributed by atoms with Crippen molar-refractivity contribution >= 4 is 23.7 Å². The number of hydrogen-bond acceptors (Lipinski definition) is 5. The second kappa shape index (κ2) is 6.72. The third kappa shape index (κ3) is 2.84. The van der Waals surface area contributed by atoms with Crippen LogP contribution < -0.4 is 24.0 Å². The third-order valence-electron chi connectivity index (χ3n) is 4.09. The molecule has 0 N–H and O–H groups in total. The minimum atomic E-state index is -0.240. The Kier molecular flexibility index (Phi) is 4.47. The summed E-state index contributed by atoms with van der Waals surface area (Å²) in [6.45, 7) is 0.0876. The maximum Gasteiger partial charge on any atom is 0.262 e. The molecule has 0 saturated heterocycles. The second-order valence-corrected chi connectivity index (χ2v) is 5.37. The Balaban J connectivity index is 2.09. The SMILES string of the molecule is COc1ccc(N2CN(C=O)c3ccc(OC)cc3C2=O)c(OC)c1. The zero-order valence-corrected chi connectivity index (χ0v) is 14.2. The van der Waals surface area contributed by atoms with Crippen LogP contribution in [-0.2, 0) is 4.79 Å². The van der Waals surface area contributed by atoms with E-state index in [0.29, 0.717) is 40.6 Å². The Labute approximate surface area is 145 Å². The van der Waals surface area contributed by atoms with Crippen LogP contribution in [0.3, 0.4) is 0 Å². The van der Waals surface area contributed by atoms with Crippen LogP contribution in [0.2, 0.25) is 0 Å². The molecule has 1 aliphatic rings. The zero-order chi connectivity index (χ0) is 18.0. The molecule has 3 rings (SSSR count). The monoisotopic (exact) mass is 342 g/mol. The first kappa shape index (κ1) is 16.6. The number of carbonyl (C=O) groups is 2. The van der Waals surface area contributed by atoms with Gasteiger partial charge in [0.25, 0.3) is 5.91 Å². The van der Waals surface area contributed by atoms with Gasteiger partial charge in [0.05, 0.1) is 38.3 Å². The van der Waals surface area contributed by atoms with E-state index < -0.39 is 0 Å². The van der Waals surface area contributed by atoms with E-state index in [9.17, 15) is 9.59 Å². The number of rotatable bonds is 5. The number of benzene rings is 2. The van der Waals surface area contributed by atoms with Crippen molar-refractivity contribution in [3.63, 3.8) is 0 Å². The van der Waals surface area contributed by atoms with Crippen molar-refractivity contribution in [2.45, 2.75) is 0 Å². The van der Waals surface area contributed by atoms with Gasteiger partial charge < -0.3 is 14.2 Å². The smallest absolute Gasteiger partial charge is 0.262 e. The van der Waals surface area contributed by atoms with E-state index in [4.69, 9.17) is 14.2 Å². The molecule has 2 aromatic carbocycles. The van der Waals surface area contributed by atoms with Crippen molar-refractivity contribution in [3.8, 4) is 17.2 Å². The lowest BCUT2D eigenvalue weighted by Crippen LogP contribution is -2.46. The molecule has 0 unspecified atom stereocenters. The van der Waals surface area contributed by atoms with E-state index in [-0.39, 0.29) is 12.6 Å². The Hall–Kier alpha value is -3.22. The van der Waals surface area contributed by atoms with Crippen molar-refractivity contribution < 1.29 is 23.8 Å². The Morgan fingerprint density at radius 3 is 2.16 bits per heavy atom. The van der Waals surface area contributed by atoms with E-state index in [1.165, 1.54) is 24.0 Å². The fourth-order valence-corrected chi connectivity index (χ4v) is 2.79. The maximum atomic E-state index is 13.0. The van der Waals surface area contributed by atoms with Gasteiger partial charge in [-0.15, -0.1) is 0 Å². The Morgan fingerprint density at radius 2 is 1.56 bits per heavy atom. The topological polar surface area (TPSA) is 68.3 Å². The van der Waals surface area contributed by atoms with E-state index in [2.05, 4.69) is 0 Å². The number of nitrogens with zero attached hydrogens (tertiary/aromatic N) is 2. The number of hydrogen-bond donors (Lipinski definition) is 0. The lowest BCUT2D eigenvalue weighted by Gasteiger charge is -2.35. The Morgan fingerprint density at radius 1 is 0.920 bits per heavy atom. The molecule has 0 atom stereocenters. The summed E-state index contributed by atoms with van der Waals surface area (Å²) in [5.41, 5.74) is 1.48. The summed E-state index contributed by atoms with van der Waals surface area (Å²) in [4.78, 5) is 27.5. The standard InChI is InChI=1S/C18H18N2O5/c1-23-12-4-6-15-14(8-12)18(22)20(10-19(15)11-21)16-7-5-13(24-2)9-17(16)25-3/h4-9,11H,10H2,1-3H3. The van der Waals surface area contributed by atoms with E-state index in [0.717, 1.165) is 0 Å². The van der Waals surface area contributed by atoms with E-state index >= 15 is 0 Å². The van der Waals surface area contributed by atoms with Gasteiger partial charge in [0.15, 0.2) is 0 Å². The average molecular weight is 342 g/mol. The van der Waals surface area contributed by atoms with Gasteiger partial charge in [0, 0.05) is 6.07 Å². The first-order valence-corrected chi connectivity index (χ1v) is 7.56. The fourth-order valence-electron chi connectivity index (χ4n) is 2.79. The van der Waals surface area contributed by atoms with Crippen molar-refractivity contribution in [1.82, 2.24) is 0 Å². The van der Waals surface area contributed by atoms with Crippen molar-refractivity contribution in [1.29, 1.82) is 0 Å². The van der Waals surface area contributed by atoms with Crippen LogP contribution in [-0.4, -0.2) is 40.3 Å². The highest BCUT2D eigenvalue weighted by Gasteiger charge is 2.32. The van der Waals surface area contributed by atoms with Crippen LogP contribution in [0.1, 0.15) is 10.4 Å². The van der Waals surface area contributed by atoms with Gasteiger partial charge >= 0.3 is 0 Å². The number of methoxy groups -OCH3 is 3. The quantitative estimate of drug-likeness (QED) is 0.780. The van der Waals surface area contributed by atoms with Crippen molar-refractivity contribution in [2.75, 3.05) is 37.8 Å². The number of amides is 2. The first-order chi connectivity index (χ1) is 12.1. The van der Waals surface area contributed by atoms with Crippen LogP contribution in [0.4, 0.5) is 11.4 Å². The Bertz CT molecular complexity index is 821. The van der Waals surface area contributed by atoms with E-state index in [1.807, 2.05) is 0 Å². The molecule has 0 bridgehead atoms. The molecule has 2 aromatic rings. The molecular formula is C18H18N2O5. The number of ether oxygens (including phenoxy) is 3. The van der Waals surface area contributed by atoms with Crippen LogP contribution in [0, 0.1) is 0 Å². The predicted molar refractivity (Wildman–Crippen MR) is 92.8 cm³/mol. The van der Waals surface area contributed by atoms with Gasteiger partial charge in [0.2, 0.25) is 6.41 Å². The van der Waals surface area contributed by atoms with E-state index in [1.54, 1.807) is 43.5 Å². The van der Waals surface area contributed by atoms with Crippen LogP contribution in [0.25, 0.3) is 0 Å². The molecule has 0 aromatic heterocycles. The molecule has 7 heteroatoms. The molecule has 0 radical (unpaired) electrons. The van der Waals surface area contributed by atoms with Gasteiger partial charge in [-0.1, -0.05) is 0 Å². The number of fused-ring (bicyclic) bond motifs is 1.